The van der Waals surface area contributed by atoms with Gasteiger partial charge in [0.15, 0.2) is 0 Å². The Labute approximate surface area is 377 Å². The van der Waals surface area contributed by atoms with E-state index in [2.05, 4.69) is 0 Å². The maximum absolute atomic E-state index is 17.0. The zero-order valence-corrected chi connectivity index (χ0v) is 35.2. The lowest BCUT2D eigenvalue weighted by Gasteiger charge is -2.30. The molecule has 0 amide bonds. The predicted molar refractivity (Wildman–Crippen MR) is 265 cm³/mol. The maximum atomic E-state index is 17.0. The van der Waals surface area contributed by atoms with Crippen LogP contribution in [0.3, 0.4) is 0 Å². The topological polar surface area (TPSA) is 6.48 Å². The molecule has 6 heteroatoms. The SMILES string of the molecule is Fc1cc(N(c2ccccc2)c2ccc3ccc4c(N(c5ccccc5)c5cc(F)c(-c6cccc7ccccc67)cc5F)ccc5ccc2c3c54)c(F)cc1-c1cccc2ccccc12. The number of para-hydroxylation sites is 2. The summed E-state index contributed by atoms with van der Waals surface area (Å²) in [7, 11) is 0. The van der Waals surface area contributed by atoms with Crippen LogP contribution in [-0.4, -0.2) is 0 Å². The van der Waals surface area contributed by atoms with Crippen molar-refractivity contribution < 1.29 is 17.6 Å². The molecule has 314 valence electrons. The van der Waals surface area contributed by atoms with Gasteiger partial charge in [0.05, 0.1) is 22.7 Å². The van der Waals surface area contributed by atoms with Crippen LogP contribution in [0, 0.1) is 23.3 Å². The molecule has 12 rings (SSSR count). The number of anilines is 6. The molecular formula is C60H36F4N2. The Morgan fingerprint density at radius 3 is 1.06 bits per heavy atom. The van der Waals surface area contributed by atoms with Crippen molar-refractivity contribution in [2.75, 3.05) is 9.80 Å². The van der Waals surface area contributed by atoms with E-state index in [-0.39, 0.29) is 22.5 Å². The van der Waals surface area contributed by atoms with Crippen molar-refractivity contribution in [2.45, 2.75) is 0 Å². The molecule has 12 aromatic carbocycles. The lowest BCUT2D eigenvalue weighted by atomic mass is 9.91. The minimum absolute atomic E-state index is 0.0538. The van der Waals surface area contributed by atoms with Crippen molar-refractivity contribution in [3.63, 3.8) is 0 Å². The standard InChI is InChI=1S/C60H36F4N2/c61-51-35-57(53(63)33-49(51)45-23-11-15-37-13-7-9-21-43(37)45)65(41-17-3-1-4-18-41)55-31-27-39-26-30-48-56(32-28-40-25-29-47(55)59(39)60(40)48)66(42-19-5-2-6-20-42)58-36-52(62)50(34-54(58)64)46-24-12-16-38-14-8-10-22-44(38)46/h1-36H. The fourth-order valence-electron chi connectivity index (χ4n) is 9.88. The molecule has 0 N–H and O–H groups in total. The largest absolute Gasteiger partial charge is 0.307 e. The summed E-state index contributed by atoms with van der Waals surface area (Å²) in [5.41, 5.74) is 4.23. The van der Waals surface area contributed by atoms with Gasteiger partial charge in [0.2, 0.25) is 0 Å². The van der Waals surface area contributed by atoms with Crippen molar-refractivity contribution in [1.29, 1.82) is 0 Å². The van der Waals surface area contributed by atoms with Crippen LogP contribution in [0.4, 0.5) is 51.7 Å². The van der Waals surface area contributed by atoms with Gasteiger partial charge < -0.3 is 9.80 Å². The Kier molecular flexibility index (Phi) is 9.28. The van der Waals surface area contributed by atoms with Crippen molar-refractivity contribution >= 4 is 88.0 Å². The van der Waals surface area contributed by atoms with E-state index in [1.54, 1.807) is 9.80 Å². The van der Waals surface area contributed by atoms with Crippen molar-refractivity contribution in [3.05, 3.63) is 242 Å². The first-order chi connectivity index (χ1) is 32.4. The van der Waals surface area contributed by atoms with Crippen LogP contribution in [0.1, 0.15) is 0 Å². The molecule has 2 nitrogen and oxygen atoms in total. The lowest BCUT2D eigenvalue weighted by molar-refractivity contribution is 0.604. The normalized spacial score (nSPS) is 11.6. The Morgan fingerprint density at radius 2 is 0.621 bits per heavy atom. The first-order valence-electron chi connectivity index (χ1n) is 21.8. The highest BCUT2D eigenvalue weighted by molar-refractivity contribution is 6.28. The summed E-state index contributed by atoms with van der Waals surface area (Å²) in [5.74, 6) is -2.28. The first-order valence-corrected chi connectivity index (χ1v) is 21.8. The molecule has 0 saturated carbocycles. The van der Waals surface area contributed by atoms with Gasteiger partial charge in [-0.3, -0.25) is 0 Å². The molecule has 0 saturated heterocycles. The monoisotopic (exact) mass is 860 g/mol. The summed E-state index contributed by atoms with van der Waals surface area (Å²) < 4.78 is 67.3. The van der Waals surface area contributed by atoms with Gasteiger partial charge in [-0.15, -0.1) is 0 Å². The highest BCUT2D eigenvalue weighted by atomic mass is 19.1. The Morgan fingerprint density at radius 1 is 0.242 bits per heavy atom. The molecule has 0 spiro atoms. The molecule has 0 aromatic heterocycles. The summed E-state index contributed by atoms with van der Waals surface area (Å²) in [6.07, 6.45) is 0. The highest BCUT2D eigenvalue weighted by Crippen LogP contribution is 2.49. The third-order valence-corrected chi connectivity index (χ3v) is 12.8. The molecule has 0 radical (unpaired) electrons. The second-order valence-electron chi connectivity index (χ2n) is 16.6. The van der Waals surface area contributed by atoms with Gasteiger partial charge in [0, 0.05) is 45.4 Å². The number of benzene rings is 12. The molecule has 66 heavy (non-hydrogen) atoms. The summed E-state index contributed by atoms with van der Waals surface area (Å²) in [6.45, 7) is 0. The third kappa shape index (κ3) is 6.33. The minimum Gasteiger partial charge on any atom is -0.307 e. The van der Waals surface area contributed by atoms with E-state index in [4.69, 9.17) is 0 Å². The Balaban J connectivity index is 1.05. The average Bonchev–Trinajstić information content (AvgIpc) is 3.36. The highest BCUT2D eigenvalue weighted by Gasteiger charge is 2.26. The van der Waals surface area contributed by atoms with E-state index >= 15 is 17.6 Å². The predicted octanol–water partition coefficient (Wildman–Crippen LogP) is 17.7. The molecule has 0 bridgehead atoms. The Hall–Kier alpha value is -8.48. The number of fused-ring (bicyclic) bond motifs is 2. The smallest absolute Gasteiger partial charge is 0.148 e. The molecule has 0 atom stereocenters. The van der Waals surface area contributed by atoms with Crippen LogP contribution in [0.15, 0.2) is 218 Å². The number of rotatable bonds is 8. The number of hydrogen-bond acceptors (Lipinski definition) is 2. The van der Waals surface area contributed by atoms with E-state index in [0.29, 0.717) is 33.9 Å². The maximum Gasteiger partial charge on any atom is 0.148 e. The molecule has 0 aliphatic rings. The van der Waals surface area contributed by atoms with Crippen LogP contribution in [-0.2, 0) is 0 Å². The van der Waals surface area contributed by atoms with Gasteiger partial charge in [0.25, 0.3) is 0 Å². The lowest BCUT2D eigenvalue weighted by Crippen LogP contribution is -2.14. The molecule has 0 aliphatic heterocycles. The third-order valence-electron chi connectivity index (χ3n) is 12.8. The molecule has 0 fully saturated rings. The summed E-state index contributed by atoms with van der Waals surface area (Å²) in [5, 5.41) is 8.76. The zero-order valence-electron chi connectivity index (χ0n) is 35.2. The van der Waals surface area contributed by atoms with E-state index in [1.165, 1.54) is 24.3 Å². The van der Waals surface area contributed by atoms with Crippen LogP contribution >= 0.6 is 0 Å². The van der Waals surface area contributed by atoms with E-state index in [1.807, 2.05) is 194 Å². The average molecular weight is 861 g/mol. The minimum atomic E-state index is -0.588. The molecular weight excluding hydrogens is 825 g/mol. The second-order valence-corrected chi connectivity index (χ2v) is 16.6. The number of hydrogen-bond donors (Lipinski definition) is 0. The summed E-state index contributed by atoms with van der Waals surface area (Å²) >= 11 is 0. The fourth-order valence-corrected chi connectivity index (χ4v) is 9.88. The van der Waals surface area contributed by atoms with Crippen molar-refractivity contribution in [3.8, 4) is 22.3 Å². The van der Waals surface area contributed by atoms with Gasteiger partial charge in [-0.25, -0.2) is 17.6 Å². The van der Waals surface area contributed by atoms with Gasteiger partial charge in [-0.1, -0.05) is 158 Å². The second kappa shape index (κ2) is 15.6. The summed E-state index contributed by atoms with van der Waals surface area (Å²) in [6, 6.07) is 66.5. The van der Waals surface area contributed by atoms with Gasteiger partial charge in [-0.2, -0.15) is 0 Å². The quantitative estimate of drug-likeness (QED) is 0.111. The van der Waals surface area contributed by atoms with Gasteiger partial charge >= 0.3 is 0 Å². The van der Waals surface area contributed by atoms with Crippen LogP contribution in [0.2, 0.25) is 0 Å². The molecule has 12 aromatic rings. The van der Waals surface area contributed by atoms with E-state index in [0.717, 1.165) is 53.9 Å². The number of halogens is 4. The van der Waals surface area contributed by atoms with Gasteiger partial charge in [-0.05, 0) is 103 Å². The van der Waals surface area contributed by atoms with Gasteiger partial charge in [0.1, 0.15) is 23.3 Å². The van der Waals surface area contributed by atoms with Crippen LogP contribution in [0.25, 0.3) is 76.1 Å². The fraction of sp³-hybridized carbons (Fsp3) is 0. The summed E-state index contributed by atoms with van der Waals surface area (Å²) in [4.78, 5) is 3.54. The zero-order chi connectivity index (χ0) is 44.5. The molecule has 0 heterocycles. The van der Waals surface area contributed by atoms with Crippen LogP contribution in [0.5, 0.6) is 0 Å². The first kappa shape index (κ1) is 39.1. The van der Waals surface area contributed by atoms with E-state index < -0.39 is 23.3 Å². The van der Waals surface area contributed by atoms with Crippen LogP contribution < -0.4 is 9.80 Å². The van der Waals surface area contributed by atoms with Crippen molar-refractivity contribution in [1.82, 2.24) is 0 Å². The Bertz CT molecular complexity index is 3570. The number of nitrogens with zero attached hydrogens (tertiary/aromatic N) is 2. The van der Waals surface area contributed by atoms with E-state index in [9.17, 15) is 0 Å². The molecule has 0 unspecified atom stereocenters. The molecule has 0 aliphatic carbocycles. The van der Waals surface area contributed by atoms with Crippen molar-refractivity contribution in [2.24, 2.45) is 0 Å².